The van der Waals surface area contributed by atoms with Gasteiger partial charge >= 0.3 is 0 Å². The van der Waals surface area contributed by atoms with E-state index in [0.717, 1.165) is 97.7 Å². The minimum absolute atomic E-state index is 0.00162. The monoisotopic (exact) mass is 1600 g/mol. The Hall–Kier alpha value is -9.34. The molecule has 9 aromatic carbocycles. The van der Waals surface area contributed by atoms with Gasteiger partial charge in [-0.1, -0.05) is 285 Å². The van der Waals surface area contributed by atoms with Crippen LogP contribution in [-0.2, 0) is 39.1 Å². The van der Waals surface area contributed by atoms with Gasteiger partial charge in [0.2, 0.25) is 0 Å². The Morgan fingerprint density at radius 3 is 1.37 bits per heavy atom. The van der Waals surface area contributed by atoms with Gasteiger partial charge in [-0.3, -0.25) is 35.1 Å². The third kappa shape index (κ3) is 25.8. The molecule has 1 fully saturated rings. The number of phenolic OH excluding ortho intramolecular Hbond substituents is 4. The number of hydrogen-bond donors (Lipinski definition) is 4. The second-order valence-corrected chi connectivity index (χ2v) is 37.9. The molecule has 0 heterocycles. The molecule has 1 aliphatic carbocycles. The van der Waals surface area contributed by atoms with Crippen LogP contribution in [0.4, 0.5) is 22.7 Å². The van der Waals surface area contributed by atoms with Crippen molar-refractivity contribution in [2.75, 3.05) is 6.26 Å². The van der Waals surface area contributed by atoms with E-state index in [4.69, 9.17) is 42.9 Å². The fourth-order valence-corrected chi connectivity index (χ4v) is 14.0. The smallest absolute Gasteiger partial charge is 0.270 e. The summed E-state index contributed by atoms with van der Waals surface area (Å²) in [5, 5.41) is 55.2. The summed E-state index contributed by atoms with van der Waals surface area (Å²) in [4.78, 5) is 36.0. The maximum atomic E-state index is 11.3. The molecule has 0 spiro atoms. The second-order valence-electron chi connectivity index (χ2n) is 36.2. The standard InChI is InChI=1S/C36H54N2O2.C26H28N2O3.C22H29NOS.C14H11Cl2NO/c1-33(2,3)25-17-23(31(39)27(19-25)35(7,8)9)21-37-29-15-13-14-16-30(29)38-22-24-18-26(34(4,5)6)20-28(32(24)40)36(10,11)12;1-18(2)23-11-8-12-24(19(3)4)26(23)27-16-21-15-22(28(29)30)13-14-25(21)31-17-20-9-6-5-7-10-20;1-21(2,3)16-12-15(20(24)17(13-16)22(4,5)6)14-23-18-10-8-9-11-19(18)25-7;1-9(17-11-5-3-2-4-6-11)12-7-10(15)8-13(16)14(12)18/h17-22,29-30,39-40H,13-16H2,1-12H3;5-16,18-19H,17H2,1-4H3;8-14,24H,1-7H3;2-8,18H,1H3. The van der Waals surface area contributed by atoms with Crippen molar-refractivity contribution in [2.24, 2.45) is 25.0 Å². The summed E-state index contributed by atoms with van der Waals surface area (Å²) in [6, 6.07) is 54.0. The molecule has 0 bridgehead atoms. The van der Waals surface area contributed by atoms with E-state index in [2.05, 4.69) is 223 Å². The molecule has 0 amide bonds. The number of thioether (sulfide) groups is 1. The van der Waals surface area contributed by atoms with Gasteiger partial charge in [0, 0.05) is 97.1 Å². The highest BCUT2D eigenvalue weighted by atomic mass is 35.5. The number of phenols is 4. The molecule has 2 atom stereocenters. The van der Waals surface area contributed by atoms with E-state index in [9.17, 15) is 30.5 Å². The second kappa shape index (κ2) is 39.3. The molecule has 1 aliphatic rings. The van der Waals surface area contributed by atoms with E-state index in [-0.39, 0.29) is 61.0 Å². The minimum Gasteiger partial charge on any atom is -0.507 e. The van der Waals surface area contributed by atoms with Crippen LogP contribution in [0.5, 0.6) is 28.7 Å². The van der Waals surface area contributed by atoms with Crippen molar-refractivity contribution in [3.8, 4) is 28.7 Å². The molecule has 114 heavy (non-hydrogen) atoms. The summed E-state index contributed by atoms with van der Waals surface area (Å²) in [7, 11) is 0. The van der Waals surface area contributed by atoms with Gasteiger partial charge in [0.15, 0.2) is 0 Å². The summed E-state index contributed by atoms with van der Waals surface area (Å²) in [5.41, 5.74) is 16.0. The van der Waals surface area contributed by atoms with Gasteiger partial charge < -0.3 is 25.2 Å². The van der Waals surface area contributed by atoms with E-state index in [1.54, 1.807) is 43.2 Å². The highest BCUT2D eigenvalue weighted by molar-refractivity contribution is 7.98. The molecule has 16 heteroatoms. The topological polar surface area (TPSA) is 195 Å². The molecule has 0 aromatic heterocycles. The summed E-state index contributed by atoms with van der Waals surface area (Å²) in [6.07, 6.45) is 13.4. The first kappa shape index (κ1) is 91.8. The maximum Gasteiger partial charge on any atom is 0.270 e. The van der Waals surface area contributed by atoms with E-state index >= 15 is 0 Å². The molecule has 0 saturated heterocycles. The van der Waals surface area contributed by atoms with Crippen LogP contribution >= 0.6 is 35.0 Å². The van der Waals surface area contributed by atoms with Crippen LogP contribution in [0.3, 0.4) is 0 Å². The molecule has 4 N–H and O–H groups in total. The van der Waals surface area contributed by atoms with E-state index < -0.39 is 4.92 Å². The van der Waals surface area contributed by atoms with E-state index in [1.807, 2.05) is 97.5 Å². The van der Waals surface area contributed by atoms with Gasteiger partial charge in [-0.25, -0.2) is 0 Å². The number of halogens is 2. The van der Waals surface area contributed by atoms with Gasteiger partial charge in [-0.05, 0) is 164 Å². The van der Waals surface area contributed by atoms with Gasteiger partial charge in [0.05, 0.1) is 39.1 Å². The summed E-state index contributed by atoms with van der Waals surface area (Å²) >= 11 is 13.5. The molecule has 13 nitrogen and oxygen atoms in total. The predicted octanol–water partition coefficient (Wildman–Crippen LogP) is 27.6. The zero-order valence-corrected chi connectivity index (χ0v) is 74.0. The molecule has 606 valence electrons. The van der Waals surface area contributed by atoms with Crippen LogP contribution in [0.25, 0.3) is 0 Å². The molecule has 9 aromatic rings. The normalized spacial score (nSPS) is 14.6. The van der Waals surface area contributed by atoms with Crippen molar-refractivity contribution in [1.82, 2.24) is 0 Å². The lowest BCUT2D eigenvalue weighted by atomic mass is 9.79. The Balaban J connectivity index is 0.000000218. The molecule has 1 saturated carbocycles. The summed E-state index contributed by atoms with van der Waals surface area (Å²) in [5.74, 6) is 2.14. The predicted molar refractivity (Wildman–Crippen MR) is 485 cm³/mol. The van der Waals surface area contributed by atoms with E-state index in [1.165, 1.54) is 34.9 Å². The Morgan fingerprint density at radius 1 is 0.509 bits per heavy atom. The van der Waals surface area contributed by atoms with Crippen LogP contribution in [0.2, 0.25) is 10.0 Å². The molecular formula is C98H122Cl2N6O7S. The van der Waals surface area contributed by atoms with Crippen molar-refractivity contribution >= 4 is 88.3 Å². The number of ether oxygens (including phenoxy) is 1. The lowest BCUT2D eigenvalue weighted by molar-refractivity contribution is -0.384. The maximum absolute atomic E-state index is 11.3. The fraction of sp³-hybridized carbons (Fsp3) is 0.398. The Morgan fingerprint density at radius 2 is 0.939 bits per heavy atom. The van der Waals surface area contributed by atoms with Gasteiger partial charge in [-0.15, -0.1) is 11.8 Å². The van der Waals surface area contributed by atoms with Gasteiger partial charge in [-0.2, -0.15) is 0 Å². The van der Waals surface area contributed by atoms with Crippen molar-refractivity contribution in [1.29, 1.82) is 0 Å². The van der Waals surface area contributed by atoms with Crippen molar-refractivity contribution in [3.63, 3.8) is 0 Å². The lowest BCUT2D eigenvalue weighted by Gasteiger charge is -2.28. The van der Waals surface area contributed by atoms with Gasteiger partial charge in [0.25, 0.3) is 5.69 Å². The van der Waals surface area contributed by atoms with Crippen LogP contribution in [-0.4, -0.2) is 74.3 Å². The number of aliphatic imine (C=N–C) groups is 5. The Labute approximate surface area is 694 Å². The van der Waals surface area contributed by atoms with Crippen molar-refractivity contribution in [3.05, 3.63) is 268 Å². The summed E-state index contributed by atoms with van der Waals surface area (Å²) in [6.45, 7) is 49.7. The number of hydrogen-bond acceptors (Lipinski definition) is 13. The van der Waals surface area contributed by atoms with Crippen molar-refractivity contribution < 1.29 is 30.1 Å². The largest absolute Gasteiger partial charge is 0.507 e. The number of aromatic hydroxyl groups is 4. The summed E-state index contributed by atoms with van der Waals surface area (Å²) < 4.78 is 5.99. The number of non-ortho nitro benzene ring substituents is 1. The highest BCUT2D eigenvalue weighted by Crippen LogP contribution is 2.43. The molecule has 0 aliphatic heterocycles. The number of nitro groups is 1. The average molecular weight is 1600 g/mol. The quantitative estimate of drug-likeness (QED) is 0.0299. The number of nitrogens with zero attached hydrogens (tertiary/aromatic N) is 6. The first-order valence-corrected chi connectivity index (χ1v) is 41.4. The van der Waals surface area contributed by atoms with Gasteiger partial charge in [0.1, 0.15) is 35.4 Å². The zero-order valence-electron chi connectivity index (χ0n) is 71.7. The Bertz CT molecular complexity index is 4800. The third-order valence-corrected chi connectivity index (χ3v) is 21.3. The Kier molecular flexibility index (Phi) is 31.7. The SMILES string of the molecule is CC(=Nc1ccccc1)c1cc(Cl)cc(Cl)c1O.CC(C)(C)c1cc(C=NC2CCCCC2N=Cc2cc(C(C)(C)C)cc(C(C)(C)C)c2O)c(O)c(C(C)(C)C)c1.CC(C)c1cccc(C(C)C)c1N=Cc1cc([N+](=O)[O-])ccc1OCc1ccccc1.CSc1ccccc1N=Cc1cc(C(C)(C)C)cc(C(C)(C)C)c1O. The first-order chi connectivity index (χ1) is 53.2. The van der Waals surface area contributed by atoms with E-state index in [0.29, 0.717) is 63.3 Å². The van der Waals surface area contributed by atoms with Crippen LogP contribution in [0, 0.1) is 10.1 Å². The van der Waals surface area contributed by atoms with Crippen LogP contribution in [0.1, 0.15) is 275 Å². The first-order valence-electron chi connectivity index (χ1n) is 39.5. The van der Waals surface area contributed by atoms with Crippen LogP contribution < -0.4 is 4.74 Å². The minimum atomic E-state index is -0.403. The molecule has 0 radical (unpaired) electrons. The average Bonchev–Trinajstić information content (AvgIpc) is 0.800. The lowest BCUT2D eigenvalue weighted by Crippen LogP contribution is -2.27. The zero-order chi connectivity index (χ0) is 84.6. The van der Waals surface area contributed by atoms with Crippen molar-refractivity contribution in [2.45, 2.75) is 253 Å². The number of rotatable bonds is 17. The number of para-hydroxylation sites is 3. The highest BCUT2D eigenvalue weighted by Gasteiger charge is 2.30. The fourth-order valence-electron chi connectivity index (χ4n) is 13.0. The molecular weight excluding hydrogens is 1480 g/mol. The number of nitro benzene ring substituents is 1. The third-order valence-electron chi connectivity index (χ3n) is 20.0. The number of benzene rings is 9. The molecule has 10 rings (SSSR count). The molecule has 2 unspecified atom stereocenters. The van der Waals surface area contributed by atoms with Crippen LogP contribution in [0.15, 0.2) is 200 Å².